The minimum atomic E-state index is 0. The molecule has 0 spiro atoms. The number of guanidine groups is 1. The van der Waals surface area contributed by atoms with Gasteiger partial charge in [0.2, 0.25) is 0 Å². The number of para-hydroxylation sites is 1. The molecular formula is C20H35IN4O. The Labute approximate surface area is 176 Å². The van der Waals surface area contributed by atoms with E-state index in [0.29, 0.717) is 5.92 Å². The molecule has 5 nitrogen and oxygen atoms in total. The molecule has 1 aliphatic heterocycles. The van der Waals surface area contributed by atoms with Gasteiger partial charge in [0.1, 0.15) is 5.75 Å². The molecule has 1 aromatic rings. The predicted molar refractivity (Wildman–Crippen MR) is 121 cm³/mol. The summed E-state index contributed by atoms with van der Waals surface area (Å²) in [7, 11) is 3.58. The fraction of sp³-hybridized carbons (Fsp3) is 0.650. The van der Waals surface area contributed by atoms with Crippen LogP contribution in [0.15, 0.2) is 29.3 Å². The average Bonchev–Trinajstić information content (AvgIpc) is 2.65. The van der Waals surface area contributed by atoms with Crippen LogP contribution in [-0.4, -0.2) is 51.2 Å². The van der Waals surface area contributed by atoms with Gasteiger partial charge in [0.15, 0.2) is 5.96 Å². The quantitative estimate of drug-likeness (QED) is 0.360. The first kappa shape index (κ1) is 23.0. The van der Waals surface area contributed by atoms with E-state index in [1.165, 1.54) is 24.8 Å². The summed E-state index contributed by atoms with van der Waals surface area (Å²) in [6.07, 6.45) is 3.87. The first-order chi connectivity index (χ1) is 12.2. The van der Waals surface area contributed by atoms with Crippen molar-refractivity contribution in [2.75, 3.05) is 40.3 Å². The molecule has 2 N–H and O–H groups in total. The Bertz CT molecular complexity index is 544. The fourth-order valence-corrected chi connectivity index (χ4v) is 3.32. The van der Waals surface area contributed by atoms with Crippen molar-refractivity contribution in [3.8, 4) is 5.75 Å². The molecule has 2 rings (SSSR count). The Hall–Kier alpha value is -1.02. The van der Waals surface area contributed by atoms with Gasteiger partial charge in [-0.3, -0.25) is 9.89 Å². The first-order valence-electron chi connectivity index (χ1n) is 9.47. The van der Waals surface area contributed by atoms with Gasteiger partial charge in [0, 0.05) is 25.7 Å². The lowest BCUT2D eigenvalue weighted by Crippen LogP contribution is -2.45. The van der Waals surface area contributed by atoms with E-state index >= 15 is 0 Å². The molecular weight excluding hydrogens is 439 g/mol. The van der Waals surface area contributed by atoms with Gasteiger partial charge in [0.25, 0.3) is 0 Å². The van der Waals surface area contributed by atoms with Gasteiger partial charge in [-0.05, 0) is 37.9 Å². The summed E-state index contributed by atoms with van der Waals surface area (Å²) in [4.78, 5) is 6.93. The van der Waals surface area contributed by atoms with Crippen LogP contribution in [0.4, 0.5) is 0 Å². The largest absolute Gasteiger partial charge is 0.496 e. The maximum absolute atomic E-state index is 5.63. The van der Waals surface area contributed by atoms with Crippen LogP contribution < -0.4 is 15.4 Å². The van der Waals surface area contributed by atoms with Crippen LogP contribution in [0, 0.1) is 5.92 Å². The summed E-state index contributed by atoms with van der Waals surface area (Å²) in [5, 5.41) is 6.91. The van der Waals surface area contributed by atoms with Gasteiger partial charge in [-0.2, -0.15) is 0 Å². The Morgan fingerprint density at radius 2 is 1.77 bits per heavy atom. The number of halogens is 1. The molecule has 0 bridgehead atoms. The van der Waals surface area contributed by atoms with E-state index in [0.717, 1.165) is 37.9 Å². The third-order valence-corrected chi connectivity index (χ3v) is 4.69. The normalized spacial score (nSPS) is 16.7. The summed E-state index contributed by atoms with van der Waals surface area (Å²) < 4.78 is 5.63. The number of aliphatic imine (C=N–C) groups is 1. The monoisotopic (exact) mass is 474 g/mol. The van der Waals surface area contributed by atoms with Crippen molar-refractivity contribution >= 4 is 29.9 Å². The van der Waals surface area contributed by atoms with Crippen molar-refractivity contribution in [3.63, 3.8) is 0 Å². The van der Waals surface area contributed by atoms with E-state index in [2.05, 4.69) is 52.6 Å². The highest BCUT2D eigenvalue weighted by atomic mass is 127. The minimum absolute atomic E-state index is 0. The molecule has 148 valence electrons. The third kappa shape index (κ3) is 6.95. The topological polar surface area (TPSA) is 48.9 Å². The smallest absolute Gasteiger partial charge is 0.191 e. The van der Waals surface area contributed by atoms with Crippen molar-refractivity contribution in [1.82, 2.24) is 15.5 Å². The number of hydrogen-bond acceptors (Lipinski definition) is 3. The number of benzene rings is 1. The summed E-state index contributed by atoms with van der Waals surface area (Å²) in [5.41, 5.74) is 1.25. The zero-order valence-corrected chi connectivity index (χ0v) is 19.0. The van der Waals surface area contributed by atoms with E-state index in [4.69, 9.17) is 4.74 Å². The van der Waals surface area contributed by atoms with Gasteiger partial charge < -0.3 is 15.4 Å². The SMILES string of the molecule is CN=C(NCC(C)C)NCC(c1ccccc1OC)N1CCCCC1.I. The van der Waals surface area contributed by atoms with E-state index < -0.39 is 0 Å². The third-order valence-electron chi connectivity index (χ3n) is 4.69. The lowest BCUT2D eigenvalue weighted by Gasteiger charge is -2.36. The average molecular weight is 474 g/mol. The van der Waals surface area contributed by atoms with Crippen molar-refractivity contribution in [1.29, 1.82) is 0 Å². The van der Waals surface area contributed by atoms with Crippen LogP contribution in [-0.2, 0) is 0 Å². The second kappa shape index (κ2) is 12.4. The number of rotatable bonds is 7. The molecule has 1 saturated heterocycles. The van der Waals surface area contributed by atoms with Crippen molar-refractivity contribution in [2.45, 2.75) is 39.2 Å². The molecule has 26 heavy (non-hydrogen) atoms. The molecule has 1 heterocycles. The van der Waals surface area contributed by atoms with Gasteiger partial charge in [0.05, 0.1) is 13.2 Å². The highest BCUT2D eigenvalue weighted by Crippen LogP contribution is 2.30. The van der Waals surface area contributed by atoms with E-state index in [9.17, 15) is 0 Å². The Balaban J connectivity index is 0.00000338. The molecule has 0 aromatic heterocycles. The van der Waals surface area contributed by atoms with Crippen LogP contribution in [0.3, 0.4) is 0 Å². The van der Waals surface area contributed by atoms with Crippen LogP contribution in [0.2, 0.25) is 0 Å². The second-order valence-electron chi connectivity index (χ2n) is 7.08. The summed E-state index contributed by atoms with van der Waals surface area (Å²) in [5.74, 6) is 2.42. The zero-order valence-electron chi connectivity index (χ0n) is 16.6. The minimum Gasteiger partial charge on any atom is -0.496 e. The maximum atomic E-state index is 5.63. The molecule has 1 unspecified atom stereocenters. The summed E-state index contributed by atoms with van der Waals surface area (Å²) in [6.45, 7) is 8.42. The van der Waals surface area contributed by atoms with E-state index in [-0.39, 0.29) is 30.0 Å². The van der Waals surface area contributed by atoms with Crippen molar-refractivity contribution < 1.29 is 4.74 Å². The van der Waals surface area contributed by atoms with Gasteiger partial charge in [-0.25, -0.2) is 0 Å². The first-order valence-corrected chi connectivity index (χ1v) is 9.47. The molecule has 0 radical (unpaired) electrons. The lowest BCUT2D eigenvalue weighted by atomic mass is 10.0. The van der Waals surface area contributed by atoms with E-state index in [1.807, 2.05) is 13.1 Å². The molecule has 6 heteroatoms. The number of hydrogen-bond donors (Lipinski definition) is 2. The fourth-order valence-electron chi connectivity index (χ4n) is 3.32. The molecule has 1 fully saturated rings. The van der Waals surface area contributed by atoms with Crippen molar-refractivity contribution in [3.05, 3.63) is 29.8 Å². The van der Waals surface area contributed by atoms with Crippen LogP contribution in [0.1, 0.15) is 44.7 Å². The van der Waals surface area contributed by atoms with Gasteiger partial charge >= 0.3 is 0 Å². The predicted octanol–water partition coefficient (Wildman–Crippen LogP) is 3.66. The number of piperidine rings is 1. The van der Waals surface area contributed by atoms with Gasteiger partial charge in [-0.1, -0.05) is 38.5 Å². The van der Waals surface area contributed by atoms with E-state index in [1.54, 1.807) is 7.11 Å². The molecule has 0 amide bonds. The molecule has 1 aromatic carbocycles. The Morgan fingerprint density at radius 1 is 1.12 bits per heavy atom. The van der Waals surface area contributed by atoms with Crippen LogP contribution >= 0.6 is 24.0 Å². The number of nitrogens with zero attached hydrogens (tertiary/aromatic N) is 2. The lowest BCUT2D eigenvalue weighted by molar-refractivity contribution is 0.161. The molecule has 1 atom stereocenters. The number of ether oxygens (including phenoxy) is 1. The highest BCUT2D eigenvalue weighted by Gasteiger charge is 2.25. The summed E-state index contributed by atoms with van der Waals surface area (Å²) >= 11 is 0. The molecule has 0 aliphatic carbocycles. The maximum Gasteiger partial charge on any atom is 0.191 e. The number of likely N-dealkylation sites (tertiary alicyclic amines) is 1. The Kier molecular flexibility index (Phi) is 11.0. The van der Waals surface area contributed by atoms with Crippen LogP contribution in [0.5, 0.6) is 5.75 Å². The van der Waals surface area contributed by atoms with Gasteiger partial charge in [-0.15, -0.1) is 24.0 Å². The Morgan fingerprint density at radius 3 is 2.38 bits per heavy atom. The molecule has 0 saturated carbocycles. The standard InChI is InChI=1S/C20H34N4O.HI/c1-16(2)14-22-20(21-3)23-15-18(24-12-8-5-9-13-24)17-10-6-7-11-19(17)25-4;/h6-7,10-11,16,18H,5,8-9,12-15H2,1-4H3,(H2,21,22,23);1H. The summed E-state index contributed by atoms with van der Waals surface area (Å²) in [6, 6.07) is 8.66. The number of methoxy groups -OCH3 is 1. The number of nitrogens with one attached hydrogen (secondary N) is 2. The van der Waals surface area contributed by atoms with Crippen molar-refractivity contribution in [2.24, 2.45) is 10.9 Å². The van der Waals surface area contributed by atoms with Crippen LogP contribution in [0.25, 0.3) is 0 Å². The molecule has 1 aliphatic rings. The zero-order chi connectivity index (χ0) is 18.1. The second-order valence-corrected chi connectivity index (χ2v) is 7.08. The highest BCUT2D eigenvalue weighted by molar-refractivity contribution is 14.0.